The van der Waals surface area contributed by atoms with Crippen LogP contribution in [0.1, 0.15) is 21.5 Å². The Hall–Kier alpha value is -2.26. The van der Waals surface area contributed by atoms with Crippen molar-refractivity contribution in [3.8, 4) is 17.2 Å². The summed E-state index contributed by atoms with van der Waals surface area (Å²) in [4.78, 5) is 12.3. The predicted molar refractivity (Wildman–Crippen MR) is 137 cm³/mol. The normalized spacial score (nSPS) is 10.8. The number of amides is 1. The third-order valence-corrected chi connectivity index (χ3v) is 7.33. The van der Waals surface area contributed by atoms with Gasteiger partial charge in [-0.15, -0.1) is 0 Å². The van der Waals surface area contributed by atoms with Crippen LogP contribution in [0.2, 0.25) is 10.0 Å². The lowest BCUT2D eigenvalue weighted by Gasteiger charge is -2.15. The van der Waals surface area contributed by atoms with Gasteiger partial charge in [-0.05, 0) is 73.8 Å². The Morgan fingerprint density at radius 2 is 1.82 bits per heavy atom. The molecular formula is C23H18Br2Cl2N2O4. The molecule has 3 rings (SSSR count). The lowest BCUT2D eigenvalue weighted by Crippen LogP contribution is -2.17. The van der Waals surface area contributed by atoms with E-state index in [1.165, 1.54) is 20.4 Å². The lowest BCUT2D eigenvalue weighted by molar-refractivity contribution is 0.0955. The first-order valence-electron chi connectivity index (χ1n) is 9.44. The second-order valence-corrected chi connectivity index (χ2v) is 8.99. The maximum Gasteiger partial charge on any atom is 0.271 e. The van der Waals surface area contributed by atoms with Gasteiger partial charge in [-0.3, -0.25) is 4.79 Å². The molecule has 0 radical (unpaired) electrons. The minimum Gasteiger partial charge on any atom is -0.497 e. The zero-order valence-corrected chi connectivity index (χ0v) is 22.2. The van der Waals surface area contributed by atoms with Crippen LogP contribution in [0.3, 0.4) is 0 Å². The zero-order valence-electron chi connectivity index (χ0n) is 17.5. The summed E-state index contributed by atoms with van der Waals surface area (Å²) in [5.41, 5.74) is 4.43. The number of hydrazone groups is 1. The van der Waals surface area contributed by atoms with E-state index >= 15 is 0 Å². The number of ether oxygens (including phenoxy) is 3. The fourth-order valence-electron chi connectivity index (χ4n) is 2.76. The molecule has 0 aliphatic heterocycles. The number of carbonyl (C=O) groups is 1. The third-order valence-electron chi connectivity index (χ3n) is 4.44. The Morgan fingerprint density at radius 3 is 2.52 bits per heavy atom. The van der Waals surface area contributed by atoms with Gasteiger partial charge in [-0.1, -0.05) is 35.3 Å². The molecule has 172 valence electrons. The molecule has 0 unspecified atom stereocenters. The lowest BCUT2D eigenvalue weighted by atomic mass is 10.2. The molecule has 1 amide bonds. The van der Waals surface area contributed by atoms with Gasteiger partial charge in [0.15, 0.2) is 11.5 Å². The molecule has 0 saturated heterocycles. The van der Waals surface area contributed by atoms with E-state index in [4.69, 9.17) is 37.4 Å². The number of nitrogens with zero attached hydrogens (tertiary/aromatic N) is 1. The van der Waals surface area contributed by atoms with Gasteiger partial charge < -0.3 is 14.2 Å². The van der Waals surface area contributed by atoms with E-state index in [0.29, 0.717) is 47.4 Å². The van der Waals surface area contributed by atoms with Crippen LogP contribution < -0.4 is 19.6 Å². The highest BCUT2D eigenvalue weighted by atomic mass is 79.9. The molecule has 0 saturated carbocycles. The summed E-state index contributed by atoms with van der Waals surface area (Å²) in [5.74, 6) is 1.19. The summed E-state index contributed by atoms with van der Waals surface area (Å²) in [7, 11) is 3.07. The van der Waals surface area contributed by atoms with E-state index in [1.807, 2.05) is 6.07 Å². The first-order valence-corrected chi connectivity index (χ1v) is 11.8. The van der Waals surface area contributed by atoms with E-state index in [2.05, 4.69) is 42.4 Å². The fourth-order valence-corrected chi connectivity index (χ4v) is 4.02. The smallest absolute Gasteiger partial charge is 0.271 e. The van der Waals surface area contributed by atoms with Crippen LogP contribution in [0.5, 0.6) is 17.2 Å². The second-order valence-electron chi connectivity index (χ2n) is 6.59. The number of nitrogens with one attached hydrogen (secondary N) is 1. The molecule has 33 heavy (non-hydrogen) atoms. The molecule has 0 aliphatic rings. The van der Waals surface area contributed by atoms with Crippen LogP contribution in [-0.4, -0.2) is 26.3 Å². The molecule has 6 nitrogen and oxygen atoms in total. The van der Waals surface area contributed by atoms with Crippen molar-refractivity contribution in [3.05, 3.63) is 84.2 Å². The van der Waals surface area contributed by atoms with Crippen molar-refractivity contribution in [2.45, 2.75) is 6.61 Å². The Labute approximate surface area is 218 Å². The summed E-state index contributed by atoms with van der Waals surface area (Å²) in [6, 6.07) is 13.8. The monoisotopic (exact) mass is 614 g/mol. The fraction of sp³-hybridized carbons (Fsp3) is 0.130. The highest BCUT2D eigenvalue weighted by molar-refractivity contribution is 9.13. The summed E-state index contributed by atoms with van der Waals surface area (Å²) in [6.45, 7) is 0.252. The van der Waals surface area contributed by atoms with Gasteiger partial charge in [0.1, 0.15) is 12.4 Å². The van der Waals surface area contributed by atoms with Crippen molar-refractivity contribution >= 4 is 67.2 Å². The predicted octanol–water partition coefficient (Wildman–Crippen LogP) is 6.88. The number of methoxy groups -OCH3 is 2. The van der Waals surface area contributed by atoms with Crippen LogP contribution in [0.15, 0.2) is 62.6 Å². The van der Waals surface area contributed by atoms with Crippen molar-refractivity contribution in [3.63, 3.8) is 0 Å². The van der Waals surface area contributed by atoms with E-state index < -0.39 is 0 Å². The van der Waals surface area contributed by atoms with E-state index in [0.717, 1.165) is 5.56 Å². The minimum absolute atomic E-state index is 0.252. The van der Waals surface area contributed by atoms with Gasteiger partial charge in [-0.2, -0.15) is 5.10 Å². The molecule has 10 heteroatoms. The van der Waals surface area contributed by atoms with Crippen LogP contribution >= 0.6 is 55.1 Å². The molecule has 0 bridgehead atoms. The van der Waals surface area contributed by atoms with Crippen molar-refractivity contribution in [2.24, 2.45) is 5.10 Å². The van der Waals surface area contributed by atoms with Gasteiger partial charge in [0.05, 0.1) is 35.0 Å². The summed E-state index contributed by atoms with van der Waals surface area (Å²) in [6.07, 6.45) is 1.50. The molecule has 1 N–H and O–H groups in total. The first kappa shape index (κ1) is 25.4. The number of halogens is 4. The first-order chi connectivity index (χ1) is 15.8. The van der Waals surface area contributed by atoms with Crippen molar-refractivity contribution in [1.29, 1.82) is 0 Å². The standard InChI is InChI=1S/C23H18Br2Cl2N2O4/c1-31-16-5-3-4-14(9-16)23(30)29-28-11-15-10-19(32-2)22(21(25)20(15)24)33-12-13-6-7-17(26)18(27)8-13/h3-11H,12H2,1-2H3,(H,29,30)/b28-11-. The molecular weight excluding hydrogens is 599 g/mol. The quantitative estimate of drug-likeness (QED) is 0.221. The van der Waals surface area contributed by atoms with E-state index in [9.17, 15) is 4.79 Å². The van der Waals surface area contributed by atoms with Crippen LogP contribution in [0.25, 0.3) is 0 Å². The van der Waals surface area contributed by atoms with Gasteiger partial charge in [0.2, 0.25) is 0 Å². The highest BCUT2D eigenvalue weighted by Gasteiger charge is 2.17. The second kappa shape index (κ2) is 11.7. The molecule has 0 heterocycles. The summed E-state index contributed by atoms with van der Waals surface area (Å²) < 4.78 is 17.9. The molecule has 0 spiro atoms. The van der Waals surface area contributed by atoms with Gasteiger partial charge in [0, 0.05) is 15.6 Å². The molecule has 3 aromatic rings. The Morgan fingerprint density at radius 1 is 1.03 bits per heavy atom. The summed E-state index contributed by atoms with van der Waals surface area (Å²) in [5, 5.41) is 4.98. The molecule has 0 fully saturated rings. The molecule has 3 aromatic carbocycles. The Balaban J connectivity index is 1.76. The number of benzene rings is 3. The average molecular weight is 617 g/mol. The van der Waals surface area contributed by atoms with Gasteiger partial charge >= 0.3 is 0 Å². The van der Waals surface area contributed by atoms with Crippen molar-refractivity contribution in [2.75, 3.05) is 14.2 Å². The number of hydrogen-bond donors (Lipinski definition) is 1. The average Bonchev–Trinajstić information content (AvgIpc) is 2.83. The van der Waals surface area contributed by atoms with E-state index in [-0.39, 0.29) is 12.5 Å². The van der Waals surface area contributed by atoms with Crippen LogP contribution in [-0.2, 0) is 6.61 Å². The number of rotatable bonds is 8. The van der Waals surface area contributed by atoms with Crippen molar-refractivity contribution in [1.82, 2.24) is 5.43 Å². The molecule has 0 aliphatic carbocycles. The Kier molecular flexibility index (Phi) is 9.02. The number of carbonyl (C=O) groups excluding carboxylic acids is 1. The topological polar surface area (TPSA) is 69.2 Å². The summed E-state index contributed by atoms with van der Waals surface area (Å²) >= 11 is 19.1. The van der Waals surface area contributed by atoms with Gasteiger partial charge in [-0.25, -0.2) is 5.43 Å². The maximum atomic E-state index is 12.3. The van der Waals surface area contributed by atoms with Crippen LogP contribution in [0, 0.1) is 0 Å². The largest absolute Gasteiger partial charge is 0.497 e. The van der Waals surface area contributed by atoms with Crippen molar-refractivity contribution < 1.29 is 19.0 Å². The van der Waals surface area contributed by atoms with Gasteiger partial charge in [0.25, 0.3) is 5.91 Å². The zero-order chi connectivity index (χ0) is 24.0. The molecule has 0 atom stereocenters. The highest BCUT2D eigenvalue weighted by Crippen LogP contribution is 2.42. The Bertz CT molecular complexity index is 1210. The minimum atomic E-state index is -0.367. The maximum absolute atomic E-state index is 12.3. The van der Waals surface area contributed by atoms with E-state index in [1.54, 1.807) is 42.5 Å². The molecule has 0 aromatic heterocycles. The SMILES string of the molecule is COc1cccc(C(=O)N/N=C\c2cc(OC)c(OCc3ccc(Cl)c(Cl)c3)c(Br)c2Br)c1. The van der Waals surface area contributed by atoms with Crippen LogP contribution in [0.4, 0.5) is 0 Å². The third kappa shape index (κ3) is 6.41. The number of hydrogen-bond acceptors (Lipinski definition) is 5.